The number of rotatable bonds is 7. The van der Waals surface area contributed by atoms with Gasteiger partial charge in [0.2, 0.25) is 0 Å². The molecule has 1 amide bonds. The Morgan fingerprint density at radius 3 is 2.50 bits per heavy atom. The summed E-state index contributed by atoms with van der Waals surface area (Å²) in [6.07, 6.45) is 0. The molecule has 28 heavy (non-hydrogen) atoms. The third kappa shape index (κ3) is 4.43. The number of ether oxygens (including phenoxy) is 1. The van der Waals surface area contributed by atoms with Gasteiger partial charge in [-0.1, -0.05) is 29.8 Å². The van der Waals surface area contributed by atoms with Crippen molar-refractivity contribution in [3.63, 3.8) is 0 Å². The van der Waals surface area contributed by atoms with Crippen molar-refractivity contribution >= 4 is 27.1 Å². The highest BCUT2D eigenvalue weighted by molar-refractivity contribution is 7.91. The van der Waals surface area contributed by atoms with E-state index < -0.39 is 15.1 Å². The van der Waals surface area contributed by atoms with E-state index in [1.807, 2.05) is 18.4 Å². The largest absolute Gasteiger partial charge is 0.497 e. The number of sulfone groups is 1. The zero-order valence-corrected chi connectivity index (χ0v) is 17.2. The summed E-state index contributed by atoms with van der Waals surface area (Å²) >= 11 is 1.36. The van der Waals surface area contributed by atoms with Gasteiger partial charge in [0.25, 0.3) is 5.91 Å². The van der Waals surface area contributed by atoms with Gasteiger partial charge >= 0.3 is 0 Å². The maximum Gasteiger partial charge on any atom is 0.251 e. The van der Waals surface area contributed by atoms with Crippen molar-refractivity contribution in [3.05, 3.63) is 82.0 Å². The topological polar surface area (TPSA) is 72.5 Å². The predicted molar refractivity (Wildman–Crippen MR) is 111 cm³/mol. The summed E-state index contributed by atoms with van der Waals surface area (Å²) in [5.41, 5.74) is 1.40. The van der Waals surface area contributed by atoms with Crippen LogP contribution in [0.15, 0.2) is 70.9 Å². The number of carbonyl (C=O) groups is 1. The molecule has 1 unspecified atom stereocenters. The monoisotopic (exact) mass is 415 g/mol. The molecular formula is C21H21NO4S2. The number of thiophene rings is 1. The Hall–Kier alpha value is -2.64. The average molecular weight is 416 g/mol. The molecule has 1 N–H and O–H groups in total. The van der Waals surface area contributed by atoms with E-state index in [1.54, 1.807) is 54.6 Å². The van der Waals surface area contributed by atoms with Crippen molar-refractivity contribution in [2.24, 2.45) is 0 Å². The van der Waals surface area contributed by atoms with E-state index in [9.17, 15) is 13.2 Å². The molecule has 1 atom stereocenters. The standard InChI is InChI=1S/C21H21NO4S2/c1-15-8-10-18(11-9-15)28(24,25)20(19-7-4-12-27-19)14-22-21(23)16-5-3-6-17(13-16)26-2/h3-13,20H,14H2,1-2H3,(H,22,23). The van der Waals surface area contributed by atoms with Gasteiger partial charge < -0.3 is 10.1 Å². The molecule has 1 heterocycles. The van der Waals surface area contributed by atoms with Crippen LogP contribution in [0.1, 0.15) is 26.0 Å². The van der Waals surface area contributed by atoms with Crippen LogP contribution in [0.5, 0.6) is 5.75 Å². The summed E-state index contributed by atoms with van der Waals surface area (Å²) in [4.78, 5) is 13.5. The van der Waals surface area contributed by atoms with Gasteiger partial charge in [0.1, 0.15) is 11.0 Å². The molecule has 0 fully saturated rings. The molecule has 0 aliphatic rings. The van der Waals surface area contributed by atoms with Crippen molar-refractivity contribution in [2.45, 2.75) is 17.1 Å². The van der Waals surface area contributed by atoms with Crippen LogP contribution in [-0.4, -0.2) is 28.0 Å². The minimum Gasteiger partial charge on any atom is -0.497 e. The molecule has 0 aliphatic heterocycles. The smallest absolute Gasteiger partial charge is 0.251 e. The lowest BCUT2D eigenvalue weighted by Gasteiger charge is -2.18. The van der Waals surface area contributed by atoms with Crippen LogP contribution in [0, 0.1) is 6.92 Å². The first kappa shape index (κ1) is 20.1. The van der Waals surface area contributed by atoms with Gasteiger partial charge in [0.05, 0.1) is 12.0 Å². The van der Waals surface area contributed by atoms with E-state index in [0.717, 1.165) is 5.56 Å². The number of nitrogens with one attached hydrogen (secondary N) is 1. The number of aryl methyl sites for hydroxylation is 1. The fourth-order valence-electron chi connectivity index (χ4n) is 2.78. The molecule has 5 nitrogen and oxygen atoms in total. The van der Waals surface area contributed by atoms with Crippen LogP contribution in [0.2, 0.25) is 0 Å². The van der Waals surface area contributed by atoms with Crippen LogP contribution < -0.4 is 10.1 Å². The summed E-state index contributed by atoms with van der Waals surface area (Å²) in [7, 11) is -2.13. The molecule has 3 rings (SSSR count). The molecule has 0 saturated carbocycles. The highest BCUT2D eigenvalue weighted by Crippen LogP contribution is 2.31. The van der Waals surface area contributed by atoms with E-state index in [0.29, 0.717) is 16.2 Å². The molecule has 0 saturated heterocycles. The first-order valence-electron chi connectivity index (χ1n) is 8.68. The summed E-state index contributed by atoms with van der Waals surface area (Å²) in [6.45, 7) is 1.88. The Balaban J connectivity index is 1.85. The summed E-state index contributed by atoms with van der Waals surface area (Å²) in [5.74, 6) is 0.217. The minimum atomic E-state index is -3.66. The number of benzene rings is 2. The third-order valence-electron chi connectivity index (χ3n) is 4.36. The number of amides is 1. The maximum atomic E-state index is 13.2. The van der Waals surface area contributed by atoms with Crippen LogP contribution in [0.3, 0.4) is 0 Å². The van der Waals surface area contributed by atoms with Crippen LogP contribution in [0.4, 0.5) is 0 Å². The van der Waals surface area contributed by atoms with Crippen molar-refractivity contribution in [1.29, 1.82) is 0 Å². The van der Waals surface area contributed by atoms with Gasteiger partial charge in [-0.15, -0.1) is 11.3 Å². The SMILES string of the molecule is COc1cccc(C(=O)NCC(c2cccs2)S(=O)(=O)c2ccc(C)cc2)c1. The van der Waals surface area contributed by atoms with Crippen molar-refractivity contribution in [2.75, 3.05) is 13.7 Å². The molecule has 3 aromatic rings. The minimum absolute atomic E-state index is 0.0211. The first-order chi connectivity index (χ1) is 13.4. The first-order valence-corrected chi connectivity index (χ1v) is 11.1. The second-order valence-corrected chi connectivity index (χ2v) is 9.41. The molecular weight excluding hydrogens is 394 g/mol. The van der Waals surface area contributed by atoms with Crippen LogP contribution >= 0.6 is 11.3 Å². The zero-order valence-electron chi connectivity index (χ0n) is 15.6. The van der Waals surface area contributed by atoms with E-state index >= 15 is 0 Å². The molecule has 7 heteroatoms. The van der Waals surface area contributed by atoms with E-state index in [2.05, 4.69) is 5.32 Å². The van der Waals surface area contributed by atoms with Crippen molar-refractivity contribution < 1.29 is 17.9 Å². The van der Waals surface area contributed by atoms with Gasteiger partial charge in [-0.25, -0.2) is 8.42 Å². The third-order valence-corrected chi connectivity index (χ3v) is 7.60. The van der Waals surface area contributed by atoms with Gasteiger partial charge in [-0.2, -0.15) is 0 Å². The molecule has 0 radical (unpaired) electrons. The van der Waals surface area contributed by atoms with E-state index in [1.165, 1.54) is 18.4 Å². The molecule has 0 aliphatic carbocycles. The number of hydrogen-bond acceptors (Lipinski definition) is 5. The normalized spacial score (nSPS) is 12.4. The average Bonchev–Trinajstić information content (AvgIpc) is 3.22. The fourth-order valence-corrected chi connectivity index (χ4v) is 5.57. The molecule has 146 valence electrons. The Morgan fingerprint density at radius 1 is 1.11 bits per heavy atom. The number of carbonyl (C=O) groups excluding carboxylic acids is 1. The Labute approximate surface area is 168 Å². The van der Waals surface area contributed by atoms with Gasteiger partial charge in [0, 0.05) is 17.0 Å². The van der Waals surface area contributed by atoms with Crippen molar-refractivity contribution in [3.8, 4) is 5.75 Å². The van der Waals surface area contributed by atoms with Gasteiger partial charge in [-0.3, -0.25) is 4.79 Å². The van der Waals surface area contributed by atoms with Crippen LogP contribution in [-0.2, 0) is 9.84 Å². The van der Waals surface area contributed by atoms with E-state index in [4.69, 9.17) is 4.74 Å². The van der Waals surface area contributed by atoms with Gasteiger partial charge in [-0.05, 0) is 48.7 Å². The highest BCUT2D eigenvalue weighted by Gasteiger charge is 2.30. The summed E-state index contributed by atoms with van der Waals surface area (Å²) < 4.78 is 31.6. The van der Waals surface area contributed by atoms with Gasteiger partial charge in [0.15, 0.2) is 9.84 Å². The lowest BCUT2D eigenvalue weighted by Crippen LogP contribution is -2.31. The lowest BCUT2D eigenvalue weighted by atomic mass is 10.2. The van der Waals surface area contributed by atoms with E-state index in [-0.39, 0.29) is 17.3 Å². The Kier molecular flexibility index (Phi) is 6.16. The molecule has 0 bridgehead atoms. The van der Waals surface area contributed by atoms with Crippen LogP contribution in [0.25, 0.3) is 0 Å². The predicted octanol–water partition coefficient (Wildman–Crippen LogP) is 4.01. The molecule has 2 aromatic carbocycles. The maximum absolute atomic E-state index is 13.2. The quantitative estimate of drug-likeness (QED) is 0.633. The molecule has 0 spiro atoms. The van der Waals surface area contributed by atoms with Crippen molar-refractivity contribution in [1.82, 2.24) is 5.32 Å². The second-order valence-electron chi connectivity index (χ2n) is 6.30. The highest BCUT2D eigenvalue weighted by atomic mass is 32.2. The number of hydrogen-bond donors (Lipinski definition) is 1. The Morgan fingerprint density at radius 2 is 1.86 bits per heavy atom. The zero-order chi connectivity index (χ0) is 20.1. The fraction of sp³-hybridized carbons (Fsp3) is 0.190. The number of methoxy groups -OCH3 is 1. The Bertz CT molecular complexity index is 1040. The summed E-state index contributed by atoms with van der Waals surface area (Å²) in [6, 6.07) is 17.1. The second kappa shape index (κ2) is 8.58. The molecule has 1 aromatic heterocycles. The lowest BCUT2D eigenvalue weighted by molar-refractivity contribution is 0.0953. The summed E-state index contributed by atoms with van der Waals surface area (Å²) in [5, 5.41) is 3.73.